The molecule has 0 aliphatic carbocycles. The molecule has 0 aromatic carbocycles. The molecule has 6 heteroatoms. The first-order chi connectivity index (χ1) is 8.06. The van der Waals surface area contributed by atoms with Gasteiger partial charge in [-0.1, -0.05) is 0 Å². The SMILES string of the molecule is O=C(O)CC1CCN(C(=O)c2cc(Br)c[nH]2)C1. The van der Waals surface area contributed by atoms with E-state index in [0.717, 1.165) is 10.9 Å². The van der Waals surface area contributed by atoms with Crippen LogP contribution in [-0.4, -0.2) is 40.0 Å². The highest BCUT2D eigenvalue weighted by molar-refractivity contribution is 9.10. The lowest BCUT2D eigenvalue weighted by Gasteiger charge is -2.14. The Hall–Kier alpha value is -1.30. The van der Waals surface area contributed by atoms with Gasteiger partial charge >= 0.3 is 5.97 Å². The quantitative estimate of drug-likeness (QED) is 0.892. The number of halogens is 1. The highest BCUT2D eigenvalue weighted by Crippen LogP contribution is 2.22. The summed E-state index contributed by atoms with van der Waals surface area (Å²) in [5.41, 5.74) is 0.535. The van der Waals surface area contributed by atoms with Crippen molar-refractivity contribution in [3.8, 4) is 0 Å². The number of aromatic amines is 1. The number of amides is 1. The van der Waals surface area contributed by atoms with Crippen LogP contribution in [0.5, 0.6) is 0 Å². The number of carbonyl (C=O) groups is 2. The minimum atomic E-state index is -0.799. The van der Waals surface area contributed by atoms with Gasteiger partial charge in [-0.15, -0.1) is 0 Å². The third-order valence-electron chi connectivity index (χ3n) is 2.91. The lowest BCUT2D eigenvalue weighted by Crippen LogP contribution is -2.29. The predicted molar refractivity (Wildman–Crippen MR) is 64.8 cm³/mol. The molecule has 2 rings (SSSR count). The third-order valence-corrected chi connectivity index (χ3v) is 3.37. The number of hydrogen-bond donors (Lipinski definition) is 2. The van der Waals surface area contributed by atoms with E-state index in [1.54, 1.807) is 17.2 Å². The number of nitrogens with zero attached hydrogens (tertiary/aromatic N) is 1. The molecule has 1 saturated heterocycles. The molecule has 0 radical (unpaired) electrons. The first-order valence-electron chi connectivity index (χ1n) is 5.41. The number of aliphatic carboxylic acids is 1. The Kier molecular flexibility index (Phi) is 3.51. The number of rotatable bonds is 3. The molecular weight excluding hydrogens is 288 g/mol. The molecule has 92 valence electrons. The molecule has 1 fully saturated rings. The topological polar surface area (TPSA) is 73.4 Å². The molecule has 2 N–H and O–H groups in total. The van der Waals surface area contributed by atoms with Gasteiger partial charge in [-0.3, -0.25) is 9.59 Å². The second kappa shape index (κ2) is 4.91. The summed E-state index contributed by atoms with van der Waals surface area (Å²) >= 11 is 3.27. The summed E-state index contributed by atoms with van der Waals surface area (Å²) in [5, 5.41) is 8.70. The minimum Gasteiger partial charge on any atom is -0.481 e. The van der Waals surface area contributed by atoms with Gasteiger partial charge in [0.1, 0.15) is 5.69 Å². The number of nitrogens with one attached hydrogen (secondary N) is 1. The Balaban J connectivity index is 1.96. The molecule has 1 aliphatic heterocycles. The van der Waals surface area contributed by atoms with Crippen LogP contribution >= 0.6 is 15.9 Å². The first kappa shape index (κ1) is 12.2. The van der Waals surface area contributed by atoms with Crippen molar-refractivity contribution in [2.75, 3.05) is 13.1 Å². The van der Waals surface area contributed by atoms with Gasteiger partial charge in [0.25, 0.3) is 5.91 Å². The van der Waals surface area contributed by atoms with Crippen LogP contribution in [0, 0.1) is 5.92 Å². The average Bonchev–Trinajstić information content (AvgIpc) is 2.85. The van der Waals surface area contributed by atoms with E-state index in [0.29, 0.717) is 18.8 Å². The molecule has 17 heavy (non-hydrogen) atoms. The zero-order valence-electron chi connectivity index (χ0n) is 9.15. The van der Waals surface area contributed by atoms with Crippen LogP contribution in [0.3, 0.4) is 0 Å². The monoisotopic (exact) mass is 300 g/mol. The Morgan fingerprint density at radius 1 is 1.59 bits per heavy atom. The number of likely N-dealkylation sites (tertiary alicyclic amines) is 1. The van der Waals surface area contributed by atoms with E-state index in [1.807, 2.05) is 0 Å². The summed E-state index contributed by atoms with van der Waals surface area (Å²) in [6.45, 7) is 1.16. The number of carboxylic acid groups (broad SMARTS) is 1. The summed E-state index contributed by atoms with van der Waals surface area (Å²) in [6, 6.07) is 1.73. The van der Waals surface area contributed by atoms with Crippen molar-refractivity contribution in [2.24, 2.45) is 5.92 Å². The second-order valence-electron chi connectivity index (χ2n) is 4.24. The maximum absolute atomic E-state index is 12.0. The lowest BCUT2D eigenvalue weighted by molar-refractivity contribution is -0.138. The molecular formula is C11H13BrN2O3. The molecule has 1 amide bonds. The van der Waals surface area contributed by atoms with Crippen LogP contribution in [-0.2, 0) is 4.79 Å². The molecule has 1 atom stereocenters. The van der Waals surface area contributed by atoms with E-state index < -0.39 is 5.97 Å². The fourth-order valence-corrected chi connectivity index (χ4v) is 2.44. The van der Waals surface area contributed by atoms with E-state index >= 15 is 0 Å². The van der Waals surface area contributed by atoms with Crippen molar-refractivity contribution >= 4 is 27.8 Å². The predicted octanol–water partition coefficient (Wildman–Crippen LogP) is 1.71. The smallest absolute Gasteiger partial charge is 0.303 e. The zero-order chi connectivity index (χ0) is 12.4. The fourth-order valence-electron chi connectivity index (χ4n) is 2.09. The fraction of sp³-hybridized carbons (Fsp3) is 0.455. The molecule has 0 bridgehead atoms. The molecule has 5 nitrogen and oxygen atoms in total. The highest BCUT2D eigenvalue weighted by atomic mass is 79.9. The second-order valence-corrected chi connectivity index (χ2v) is 5.15. The molecule has 0 saturated carbocycles. The maximum Gasteiger partial charge on any atom is 0.303 e. The first-order valence-corrected chi connectivity index (χ1v) is 6.20. The lowest BCUT2D eigenvalue weighted by atomic mass is 10.1. The molecule has 1 aromatic heterocycles. The summed E-state index contributed by atoms with van der Waals surface area (Å²) in [4.78, 5) is 27.2. The van der Waals surface area contributed by atoms with Crippen LogP contribution in [0.15, 0.2) is 16.7 Å². The molecule has 2 heterocycles. The standard InChI is InChI=1S/C11H13BrN2O3/c12-8-4-9(13-5-8)11(17)14-2-1-7(6-14)3-10(15)16/h4-5,7,13H,1-3,6H2,(H,15,16). The Morgan fingerprint density at radius 3 is 2.94 bits per heavy atom. The number of hydrogen-bond acceptors (Lipinski definition) is 2. The van der Waals surface area contributed by atoms with Crippen LogP contribution < -0.4 is 0 Å². The molecule has 1 aliphatic rings. The van der Waals surface area contributed by atoms with Crippen LogP contribution in [0.25, 0.3) is 0 Å². The highest BCUT2D eigenvalue weighted by Gasteiger charge is 2.28. The van der Waals surface area contributed by atoms with Crippen molar-refractivity contribution in [3.63, 3.8) is 0 Å². The van der Waals surface area contributed by atoms with Gasteiger partial charge in [-0.2, -0.15) is 0 Å². The number of aromatic nitrogens is 1. The Morgan fingerprint density at radius 2 is 2.35 bits per heavy atom. The Labute approximate surface area is 107 Å². The van der Waals surface area contributed by atoms with E-state index in [9.17, 15) is 9.59 Å². The number of carbonyl (C=O) groups excluding carboxylic acids is 1. The maximum atomic E-state index is 12.0. The van der Waals surface area contributed by atoms with Crippen molar-refractivity contribution in [2.45, 2.75) is 12.8 Å². The normalized spacial score (nSPS) is 19.6. The average molecular weight is 301 g/mol. The summed E-state index contributed by atoms with van der Waals surface area (Å²) in [5.74, 6) is -0.787. The van der Waals surface area contributed by atoms with Crippen LogP contribution in [0.4, 0.5) is 0 Å². The van der Waals surface area contributed by atoms with Gasteiger partial charge in [-0.05, 0) is 34.3 Å². The van der Waals surface area contributed by atoms with E-state index in [4.69, 9.17) is 5.11 Å². The van der Waals surface area contributed by atoms with E-state index in [-0.39, 0.29) is 18.2 Å². The summed E-state index contributed by atoms with van der Waals surface area (Å²) in [7, 11) is 0. The molecule has 1 unspecified atom stereocenters. The van der Waals surface area contributed by atoms with Crippen molar-refractivity contribution < 1.29 is 14.7 Å². The minimum absolute atomic E-state index is 0.0661. The number of carboxylic acids is 1. The largest absolute Gasteiger partial charge is 0.481 e. The van der Waals surface area contributed by atoms with Gasteiger partial charge in [0.2, 0.25) is 0 Å². The van der Waals surface area contributed by atoms with Crippen LogP contribution in [0.1, 0.15) is 23.3 Å². The summed E-state index contributed by atoms with van der Waals surface area (Å²) < 4.78 is 0.835. The van der Waals surface area contributed by atoms with Crippen LogP contribution in [0.2, 0.25) is 0 Å². The van der Waals surface area contributed by atoms with Crippen molar-refractivity contribution in [1.29, 1.82) is 0 Å². The van der Waals surface area contributed by atoms with E-state index in [2.05, 4.69) is 20.9 Å². The zero-order valence-corrected chi connectivity index (χ0v) is 10.7. The third kappa shape index (κ3) is 2.88. The summed E-state index contributed by atoms with van der Waals surface area (Å²) in [6.07, 6.45) is 2.61. The number of H-pyrrole nitrogens is 1. The van der Waals surface area contributed by atoms with Crippen molar-refractivity contribution in [1.82, 2.24) is 9.88 Å². The molecule has 0 spiro atoms. The van der Waals surface area contributed by atoms with Crippen molar-refractivity contribution in [3.05, 3.63) is 22.4 Å². The van der Waals surface area contributed by atoms with Gasteiger partial charge in [0.15, 0.2) is 0 Å². The Bertz CT molecular complexity index is 444. The van der Waals surface area contributed by atoms with Gasteiger partial charge < -0.3 is 15.0 Å². The molecule has 1 aromatic rings. The van der Waals surface area contributed by atoms with Gasteiger partial charge in [0.05, 0.1) is 0 Å². The van der Waals surface area contributed by atoms with E-state index in [1.165, 1.54) is 0 Å². The van der Waals surface area contributed by atoms with Gasteiger partial charge in [-0.25, -0.2) is 0 Å². The van der Waals surface area contributed by atoms with Gasteiger partial charge in [0, 0.05) is 30.2 Å².